The van der Waals surface area contributed by atoms with Crippen molar-refractivity contribution < 1.29 is 15.0 Å². The van der Waals surface area contributed by atoms with Crippen LogP contribution in [0.25, 0.3) is 0 Å². The van der Waals surface area contributed by atoms with Crippen LogP contribution in [-0.2, 0) is 16.8 Å². The minimum Gasteiger partial charge on any atom is -0.507 e. The van der Waals surface area contributed by atoms with E-state index in [1.54, 1.807) is 0 Å². The van der Waals surface area contributed by atoms with Gasteiger partial charge in [-0.25, -0.2) is 0 Å². The van der Waals surface area contributed by atoms with Crippen LogP contribution in [0.3, 0.4) is 0 Å². The molecule has 1 amide bonds. The minimum absolute atomic E-state index is 0.0576. The normalized spacial score (nSPS) is 14.2. The molecule has 4 aromatic rings. The van der Waals surface area contributed by atoms with Crippen LogP contribution >= 0.6 is 15.9 Å². The van der Waals surface area contributed by atoms with Crippen molar-refractivity contribution in [1.29, 1.82) is 0 Å². The maximum absolute atomic E-state index is 14.9. The van der Waals surface area contributed by atoms with Crippen molar-refractivity contribution in [3.63, 3.8) is 0 Å². The van der Waals surface area contributed by atoms with Crippen molar-refractivity contribution >= 4 is 27.5 Å². The Morgan fingerprint density at radius 1 is 0.730 bits per heavy atom. The van der Waals surface area contributed by atoms with Gasteiger partial charge < -0.3 is 15.1 Å². The molecule has 1 aliphatic heterocycles. The lowest BCUT2D eigenvalue weighted by Crippen LogP contribution is -2.42. The Bertz CT molecular complexity index is 1470. The summed E-state index contributed by atoms with van der Waals surface area (Å²) in [5, 5.41) is 21.2. The highest BCUT2D eigenvalue weighted by Crippen LogP contribution is 2.53. The van der Waals surface area contributed by atoms with Crippen molar-refractivity contribution in [2.45, 2.75) is 46.6 Å². The van der Waals surface area contributed by atoms with Gasteiger partial charge in [-0.1, -0.05) is 64.5 Å². The molecule has 188 valence electrons. The van der Waals surface area contributed by atoms with Gasteiger partial charge in [-0.15, -0.1) is 0 Å². The molecule has 0 saturated carbocycles. The Balaban J connectivity index is 1.87. The molecule has 4 aromatic carbocycles. The first-order valence-corrected chi connectivity index (χ1v) is 13.1. The molecular weight excluding hydrogens is 526 g/mol. The molecule has 1 aliphatic rings. The van der Waals surface area contributed by atoms with E-state index in [-0.39, 0.29) is 17.4 Å². The number of phenols is 2. The number of fused-ring (bicyclic) bond motifs is 1. The third-order valence-corrected chi connectivity index (χ3v) is 8.15. The van der Waals surface area contributed by atoms with E-state index in [1.165, 1.54) is 0 Å². The largest absolute Gasteiger partial charge is 0.507 e. The summed E-state index contributed by atoms with van der Waals surface area (Å²) in [5.74, 6) is 0.403. The van der Waals surface area contributed by atoms with Gasteiger partial charge in [-0.3, -0.25) is 4.79 Å². The second-order valence-electron chi connectivity index (χ2n) is 10.1. The average Bonchev–Trinajstić information content (AvgIpc) is 3.09. The van der Waals surface area contributed by atoms with Crippen molar-refractivity contribution in [3.8, 4) is 11.5 Å². The van der Waals surface area contributed by atoms with Gasteiger partial charge in [0.1, 0.15) is 16.9 Å². The zero-order valence-corrected chi connectivity index (χ0v) is 23.3. The lowest BCUT2D eigenvalue weighted by atomic mass is 9.69. The first kappa shape index (κ1) is 25.1. The van der Waals surface area contributed by atoms with Gasteiger partial charge in [-0.2, -0.15) is 0 Å². The summed E-state index contributed by atoms with van der Waals surface area (Å²) in [4.78, 5) is 16.8. The molecule has 0 aromatic heterocycles. The number of aryl methyl sites for hydroxylation is 5. The van der Waals surface area contributed by atoms with E-state index in [4.69, 9.17) is 0 Å². The second-order valence-corrected chi connectivity index (χ2v) is 11.1. The second kappa shape index (κ2) is 9.07. The van der Waals surface area contributed by atoms with E-state index >= 15 is 0 Å². The summed E-state index contributed by atoms with van der Waals surface area (Å²) < 4.78 is 0.876. The summed E-state index contributed by atoms with van der Waals surface area (Å²) in [5.41, 5.74) is 7.20. The van der Waals surface area contributed by atoms with Gasteiger partial charge in [0.15, 0.2) is 0 Å². The van der Waals surface area contributed by atoms with Crippen molar-refractivity contribution in [2.75, 3.05) is 4.90 Å². The summed E-state index contributed by atoms with van der Waals surface area (Å²) in [6.45, 7) is 9.94. The van der Waals surface area contributed by atoms with Crippen LogP contribution in [0.1, 0.15) is 50.1 Å². The van der Waals surface area contributed by atoms with Crippen LogP contribution in [0.5, 0.6) is 11.5 Å². The molecule has 0 bridgehead atoms. The molecule has 0 aliphatic carbocycles. The molecule has 0 radical (unpaired) electrons. The number of carbonyl (C=O) groups is 1. The first-order chi connectivity index (χ1) is 17.5. The zero-order chi connectivity index (χ0) is 26.6. The number of nitrogens with zero attached hydrogens (tertiary/aromatic N) is 1. The molecule has 1 heterocycles. The predicted molar refractivity (Wildman–Crippen MR) is 152 cm³/mol. The molecule has 0 spiro atoms. The molecule has 2 N–H and O–H groups in total. The number of rotatable bonds is 4. The van der Waals surface area contributed by atoms with Gasteiger partial charge in [-0.05, 0) is 97.3 Å². The summed E-state index contributed by atoms with van der Waals surface area (Å²) in [6.07, 6.45) is 0. The SMILES string of the molecule is Cc1ccccc1CN1C(=O)C(c2cc(C)c(O)c(C)c2)(c2cc(C)c(O)c(C)c2)c2cc(Br)ccc21. The van der Waals surface area contributed by atoms with E-state index in [1.807, 2.05) is 87.2 Å². The highest BCUT2D eigenvalue weighted by molar-refractivity contribution is 9.10. The quantitative estimate of drug-likeness (QED) is 0.278. The molecule has 5 rings (SSSR count). The number of phenolic OH excluding ortho intramolecular Hbond substituents is 2. The number of carbonyl (C=O) groups excluding carboxylic acids is 1. The highest BCUT2D eigenvalue weighted by atomic mass is 79.9. The van der Waals surface area contributed by atoms with E-state index < -0.39 is 5.41 Å². The van der Waals surface area contributed by atoms with Crippen LogP contribution in [0.15, 0.2) is 71.2 Å². The van der Waals surface area contributed by atoms with Gasteiger partial charge >= 0.3 is 0 Å². The van der Waals surface area contributed by atoms with Crippen LogP contribution < -0.4 is 4.90 Å². The predicted octanol–water partition coefficient (Wildman–Crippen LogP) is 7.28. The Morgan fingerprint density at radius 2 is 1.24 bits per heavy atom. The number of halogens is 1. The number of anilines is 1. The lowest BCUT2D eigenvalue weighted by Gasteiger charge is -2.32. The first-order valence-electron chi connectivity index (χ1n) is 12.3. The Morgan fingerprint density at radius 3 is 1.76 bits per heavy atom. The third-order valence-electron chi connectivity index (χ3n) is 7.66. The van der Waals surface area contributed by atoms with Gasteiger partial charge in [0, 0.05) is 15.7 Å². The molecule has 4 nitrogen and oxygen atoms in total. The van der Waals surface area contributed by atoms with Crippen LogP contribution in [0.4, 0.5) is 5.69 Å². The topological polar surface area (TPSA) is 60.8 Å². The summed E-state index contributed by atoms with van der Waals surface area (Å²) in [6, 6.07) is 21.8. The molecule has 0 saturated heterocycles. The van der Waals surface area contributed by atoms with Crippen molar-refractivity contribution in [3.05, 3.63) is 121 Å². The molecule has 0 fully saturated rings. The van der Waals surface area contributed by atoms with E-state index in [0.717, 1.165) is 38.0 Å². The van der Waals surface area contributed by atoms with Crippen molar-refractivity contribution in [1.82, 2.24) is 0 Å². The molecule has 5 heteroatoms. The van der Waals surface area contributed by atoms with Crippen LogP contribution in [0, 0.1) is 34.6 Å². The number of aromatic hydroxyl groups is 2. The van der Waals surface area contributed by atoms with E-state index in [0.29, 0.717) is 28.8 Å². The van der Waals surface area contributed by atoms with Gasteiger partial charge in [0.2, 0.25) is 5.91 Å². The fraction of sp³-hybridized carbons (Fsp3) is 0.219. The monoisotopic (exact) mass is 555 g/mol. The van der Waals surface area contributed by atoms with Crippen molar-refractivity contribution in [2.24, 2.45) is 0 Å². The lowest BCUT2D eigenvalue weighted by molar-refractivity contribution is -0.120. The summed E-state index contributed by atoms with van der Waals surface area (Å²) >= 11 is 3.65. The highest BCUT2D eigenvalue weighted by Gasteiger charge is 2.54. The van der Waals surface area contributed by atoms with Crippen LogP contribution in [0.2, 0.25) is 0 Å². The number of hydrogen-bond donors (Lipinski definition) is 2. The zero-order valence-electron chi connectivity index (χ0n) is 21.7. The van der Waals surface area contributed by atoms with E-state index in [9.17, 15) is 15.0 Å². The fourth-order valence-electron chi connectivity index (χ4n) is 5.66. The molecular formula is C32H30BrNO3. The molecule has 0 atom stereocenters. The van der Waals surface area contributed by atoms with Gasteiger partial charge in [0.05, 0.1) is 6.54 Å². The number of hydrogen-bond acceptors (Lipinski definition) is 3. The summed E-state index contributed by atoms with van der Waals surface area (Å²) in [7, 11) is 0. The molecule has 37 heavy (non-hydrogen) atoms. The smallest absolute Gasteiger partial charge is 0.247 e. The fourth-order valence-corrected chi connectivity index (χ4v) is 6.02. The Labute approximate surface area is 226 Å². The number of benzene rings is 4. The van der Waals surface area contributed by atoms with Gasteiger partial charge in [0.25, 0.3) is 0 Å². The average molecular weight is 557 g/mol. The van der Waals surface area contributed by atoms with E-state index in [2.05, 4.69) is 35.0 Å². The minimum atomic E-state index is -1.16. The Kier molecular flexibility index (Phi) is 6.15. The standard InChI is InChI=1S/C32H30BrNO3/c1-18-8-6-7-9-23(18)17-34-28-11-10-26(33)16-27(28)32(31(34)37,24-12-19(2)29(35)20(3)13-24)25-14-21(4)30(36)22(5)15-25/h6-16,35-36H,17H2,1-5H3. The number of amides is 1. The van der Waals surface area contributed by atoms with Crippen LogP contribution in [-0.4, -0.2) is 16.1 Å². The maximum Gasteiger partial charge on any atom is 0.247 e. The third kappa shape index (κ3) is 3.84. The molecule has 0 unspecified atom stereocenters. The Hall–Kier alpha value is -3.57. The maximum atomic E-state index is 14.9.